The number of fused-ring (bicyclic) bond motifs is 1. The number of ether oxygens (including phenoxy) is 2. The fourth-order valence-corrected chi connectivity index (χ4v) is 2.71. The topological polar surface area (TPSA) is 76.7 Å². The molecule has 2 aromatic rings. The molecule has 0 aromatic heterocycles. The van der Waals surface area contributed by atoms with Crippen molar-refractivity contribution in [3.63, 3.8) is 0 Å². The molecule has 6 nitrogen and oxygen atoms in total. The van der Waals surface area contributed by atoms with Crippen molar-refractivity contribution in [2.75, 3.05) is 17.7 Å². The zero-order valence-electron chi connectivity index (χ0n) is 14.4. The number of anilines is 2. The van der Waals surface area contributed by atoms with Gasteiger partial charge in [-0.25, -0.2) is 0 Å². The molecule has 25 heavy (non-hydrogen) atoms. The van der Waals surface area contributed by atoms with E-state index in [0.717, 1.165) is 11.1 Å². The van der Waals surface area contributed by atoms with Crippen molar-refractivity contribution in [3.05, 3.63) is 47.5 Å². The lowest BCUT2D eigenvalue weighted by Crippen LogP contribution is -2.34. The maximum Gasteiger partial charge on any atom is 0.265 e. The van der Waals surface area contributed by atoms with Gasteiger partial charge in [0.15, 0.2) is 6.10 Å². The van der Waals surface area contributed by atoms with Crippen LogP contribution in [0.5, 0.6) is 11.5 Å². The number of carbonyl (C=O) groups excluding carboxylic acids is 2. The van der Waals surface area contributed by atoms with Crippen LogP contribution in [0.1, 0.15) is 18.1 Å². The number of amides is 2. The van der Waals surface area contributed by atoms with Crippen LogP contribution in [-0.2, 0) is 16.0 Å². The summed E-state index contributed by atoms with van der Waals surface area (Å²) < 4.78 is 10.8. The van der Waals surface area contributed by atoms with Crippen LogP contribution >= 0.6 is 0 Å². The van der Waals surface area contributed by atoms with Gasteiger partial charge in [-0.15, -0.1) is 0 Å². The first kappa shape index (κ1) is 16.8. The van der Waals surface area contributed by atoms with Crippen molar-refractivity contribution in [3.8, 4) is 11.5 Å². The molecule has 0 bridgehead atoms. The van der Waals surface area contributed by atoms with Gasteiger partial charge >= 0.3 is 0 Å². The predicted octanol–water partition coefficient (Wildman–Crippen LogP) is 2.90. The Morgan fingerprint density at radius 2 is 2.08 bits per heavy atom. The van der Waals surface area contributed by atoms with Gasteiger partial charge in [-0.2, -0.15) is 0 Å². The Morgan fingerprint density at radius 1 is 1.28 bits per heavy atom. The minimum atomic E-state index is -0.526. The van der Waals surface area contributed by atoms with Crippen LogP contribution in [0.3, 0.4) is 0 Å². The van der Waals surface area contributed by atoms with Crippen molar-refractivity contribution in [2.45, 2.75) is 26.4 Å². The summed E-state index contributed by atoms with van der Waals surface area (Å²) in [7, 11) is 1.58. The average molecular weight is 340 g/mol. The van der Waals surface area contributed by atoms with Gasteiger partial charge in [0.05, 0.1) is 19.2 Å². The third kappa shape index (κ3) is 3.74. The van der Waals surface area contributed by atoms with Crippen LogP contribution < -0.4 is 20.1 Å². The smallest absolute Gasteiger partial charge is 0.265 e. The molecule has 130 valence electrons. The van der Waals surface area contributed by atoms with Crippen LogP contribution in [0.25, 0.3) is 0 Å². The molecule has 0 spiro atoms. The summed E-state index contributed by atoms with van der Waals surface area (Å²) in [5, 5.41) is 5.60. The van der Waals surface area contributed by atoms with Gasteiger partial charge in [-0.05, 0) is 38.1 Å². The van der Waals surface area contributed by atoms with E-state index >= 15 is 0 Å². The Labute approximate surface area is 146 Å². The van der Waals surface area contributed by atoms with E-state index in [4.69, 9.17) is 9.47 Å². The molecule has 1 aliphatic rings. The van der Waals surface area contributed by atoms with Crippen LogP contribution in [0.4, 0.5) is 11.4 Å². The molecule has 0 fully saturated rings. The third-order valence-electron chi connectivity index (χ3n) is 3.98. The fourth-order valence-electron chi connectivity index (χ4n) is 2.71. The molecule has 3 rings (SSSR count). The summed E-state index contributed by atoms with van der Waals surface area (Å²) in [4.78, 5) is 24.1. The number of methoxy groups -OCH3 is 1. The zero-order valence-corrected chi connectivity index (χ0v) is 14.4. The van der Waals surface area contributed by atoms with Gasteiger partial charge in [0.2, 0.25) is 5.91 Å². The Balaban J connectivity index is 1.73. The highest BCUT2D eigenvalue weighted by Gasteiger charge is 2.23. The molecule has 0 radical (unpaired) electrons. The predicted molar refractivity (Wildman–Crippen MR) is 95.2 cm³/mol. The van der Waals surface area contributed by atoms with Crippen molar-refractivity contribution < 1.29 is 19.1 Å². The van der Waals surface area contributed by atoms with Gasteiger partial charge in [0, 0.05) is 11.3 Å². The molecule has 0 saturated heterocycles. The Hall–Kier alpha value is -3.02. The second kappa shape index (κ2) is 6.84. The first-order valence-electron chi connectivity index (χ1n) is 8.01. The molecular weight excluding hydrogens is 320 g/mol. The van der Waals surface area contributed by atoms with E-state index in [1.165, 1.54) is 0 Å². The molecule has 2 N–H and O–H groups in total. The minimum Gasteiger partial charge on any atom is -0.496 e. The van der Waals surface area contributed by atoms with Gasteiger partial charge in [0.1, 0.15) is 11.5 Å². The number of aryl methyl sites for hydroxylation is 1. The molecular formula is C19H20N2O4. The molecule has 6 heteroatoms. The lowest BCUT2D eigenvalue weighted by atomic mass is 10.1. The summed E-state index contributed by atoms with van der Waals surface area (Å²) in [6, 6.07) is 10.9. The molecule has 1 aliphatic heterocycles. The Bertz CT molecular complexity index is 832. The molecule has 0 unspecified atom stereocenters. The van der Waals surface area contributed by atoms with E-state index < -0.39 is 6.10 Å². The van der Waals surface area contributed by atoms with Crippen LogP contribution in [0.2, 0.25) is 0 Å². The van der Waals surface area contributed by atoms with Crippen LogP contribution in [-0.4, -0.2) is 25.0 Å². The standard InChI is InChI=1S/C19H20N2O4/c1-11-4-6-16(24-3)13(8-11)9-18(22)20-14-5-7-17-15(10-14)21-19(23)12(2)25-17/h4-8,10,12H,9H2,1-3H3,(H,20,22)(H,21,23)/t12-/m1/s1. The summed E-state index contributed by atoms with van der Waals surface area (Å²) in [6.45, 7) is 3.65. The largest absolute Gasteiger partial charge is 0.496 e. The lowest BCUT2D eigenvalue weighted by Gasteiger charge is -2.23. The van der Waals surface area contributed by atoms with Gasteiger partial charge < -0.3 is 20.1 Å². The van der Waals surface area contributed by atoms with Crippen molar-refractivity contribution in [2.24, 2.45) is 0 Å². The molecule has 2 amide bonds. The molecule has 0 saturated carbocycles. The van der Waals surface area contributed by atoms with Gasteiger partial charge in [0.25, 0.3) is 5.91 Å². The lowest BCUT2D eigenvalue weighted by molar-refractivity contribution is -0.122. The van der Waals surface area contributed by atoms with E-state index in [9.17, 15) is 9.59 Å². The highest BCUT2D eigenvalue weighted by Crippen LogP contribution is 2.32. The van der Waals surface area contributed by atoms with E-state index in [1.807, 2.05) is 25.1 Å². The zero-order chi connectivity index (χ0) is 18.0. The third-order valence-corrected chi connectivity index (χ3v) is 3.98. The van der Waals surface area contributed by atoms with Gasteiger partial charge in [-0.3, -0.25) is 9.59 Å². The summed E-state index contributed by atoms with van der Waals surface area (Å²) in [5.41, 5.74) is 3.03. The number of nitrogens with one attached hydrogen (secondary N) is 2. The first-order valence-corrected chi connectivity index (χ1v) is 8.01. The average Bonchev–Trinajstić information content (AvgIpc) is 2.56. The quantitative estimate of drug-likeness (QED) is 0.897. The van der Waals surface area contributed by atoms with E-state index in [2.05, 4.69) is 10.6 Å². The van der Waals surface area contributed by atoms with E-state index in [1.54, 1.807) is 32.2 Å². The van der Waals surface area contributed by atoms with Crippen LogP contribution in [0.15, 0.2) is 36.4 Å². The number of benzene rings is 2. The molecule has 1 heterocycles. The minimum absolute atomic E-state index is 0.166. The van der Waals surface area contributed by atoms with Gasteiger partial charge in [-0.1, -0.05) is 17.7 Å². The van der Waals surface area contributed by atoms with E-state index in [0.29, 0.717) is 22.9 Å². The highest BCUT2D eigenvalue weighted by molar-refractivity contribution is 5.99. The van der Waals surface area contributed by atoms with Crippen LogP contribution in [0, 0.1) is 6.92 Å². The van der Waals surface area contributed by atoms with Crippen molar-refractivity contribution in [1.29, 1.82) is 0 Å². The Kier molecular flexibility index (Phi) is 4.61. The second-order valence-electron chi connectivity index (χ2n) is 6.00. The normalized spacial score (nSPS) is 15.6. The molecule has 2 aromatic carbocycles. The summed E-state index contributed by atoms with van der Waals surface area (Å²) >= 11 is 0. The van der Waals surface area contributed by atoms with Crippen molar-refractivity contribution >= 4 is 23.2 Å². The monoisotopic (exact) mass is 340 g/mol. The molecule has 0 aliphatic carbocycles. The fraction of sp³-hybridized carbons (Fsp3) is 0.263. The van der Waals surface area contributed by atoms with Crippen molar-refractivity contribution in [1.82, 2.24) is 0 Å². The Morgan fingerprint density at radius 3 is 2.84 bits per heavy atom. The highest BCUT2D eigenvalue weighted by atomic mass is 16.5. The maximum atomic E-state index is 12.4. The molecule has 1 atom stereocenters. The SMILES string of the molecule is COc1ccc(C)cc1CC(=O)Nc1ccc2c(c1)NC(=O)[C@@H](C)O2. The summed E-state index contributed by atoms with van der Waals surface area (Å²) in [5.74, 6) is 0.895. The van der Waals surface area contributed by atoms with E-state index in [-0.39, 0.29) is 18.2 Å². The summed E-state index contributed by atoms with van der Waals surface area (Å²) in [6.07, 6.45) is -0.330. The first-order chi connectivity index (χ1) is 12.0. The number of rotatable bonds is 4. The maximum absolute atomic E-state index is 12.4. The second-order valence-corrected chi connectivity index (χ2v) is 6.00. The number of hydrogen-bond donors (Lipinski definition) is 2. The number of hydrogen-bond acceptors (Lipinski definition) is 4. The number of carbonyl (C=O) groups is 2.